The highest BCUT2D eigenvalue weighted by molar-refractivity contribution is 5.66. The first-order valence-corrected chi connectivity index (χ1v) is 6.43. The normalized spacial score (nSPS) is 10.5. The van der Waals surface area contributed by atoms with Crippen LogP contribution in [0.25, 0.3) is 0 Å². The predicted molar refractivity (Wildman–Crippen MR) is 78.4 cm³/mol. The second-order valence-electron chi connectivity index (χ2n) is 4.75. The number of anilines is 2. The molecule has 0 unspecified atom stereocenters. The van der Waals surface area contributed by atoms with Crippen molar-refractivity contribution in [3.05, 3.63) is 58.9 Å². The molecule has 0 heterocycles. The molecular weight excluding hydrogens is 239 g/mol. The summed E-state index contributed by atoms with van der Waals surface area (Å²) in [5, 5.41) is 3.30. The highest BCUT2D eigenvalue weighted by atomic mass is 19.1. The number of benzene rings is 2. The lowest BCUT2D eigenvalue weighted by Crippen LogP contribution is -2.07. The quantitative estimate of drug-likeness (QED) is 0.877. The van der Waals surface area contributed by atoms with Crippen molar-refractivity contribution >= 4 is 11.4 Å². The van der Waals surface area contributed by atoms with Crippen molar-refractivity contribution in [1.82, 2.24) is 0 Å². The maximum Gasteiger partial charge on any atom is 0.128 e. The van der Waals surface area contributed by atoms with Crippen LogP contribution in [0.4, 0.5) is 15.8 Å². The van der Waals surface area contributed by atoms with Crippen LogP contribution in [0, 0.1) is 19.7 Å². The molecule has 2 nitrogen and oxygen atoms in total. The first-order valence-electron chi connectivity index (χ1n) is 6.43. The minimum atomic E-state index is -0.208. The van der Waals surface area contributed by atoms with Crippen LogP contribution in [-0.4, -0.2) is 6.54 Å². The summed E-state index contributed by atoms with van der Waals surface area (Å²) in [5.41, 5.74) is 10.3. The molecule has 2 rings (SSSR count). The van der Waals surface area contributed by atoms with Crippen molar-refractivity contribution in [2.75, 3.05) is 11.9 Å². The van der Waals surface area contributed by atoms with Crippen LogP contribution in [-0.2, 0) is 6.42 Å². The fraction of sp³-hybridized carbons (Fsp3) is 0.250. The van der Waals surface area contributed by atoms with Gasteiger partial charge in [-0.15, -0.1) is 0 Å². The lowest BCUT2D eigenvalue weighted by atomic mass is 10.1. The molecule has 0 bridgehead atoms. The summed E-state index contributed by atoms with van der Waals surface area (Å²) in [5.74, 6) is -0.208. The van der Waals surface area contributed by atoms with E-state index in [1.54, 1.807) is 6.07 Å². The largest absolute Gasteiger partial charge is 0.355 e. The van der Waals surface area contributed by atoms with Crippen molar-refractivity contribution in [2.45, 2.75) is 20.3 Å². The summed E-state index contributed by atoms with van der Waals surface area (Å²) in [4.78, 5) is 0. The van der Waals surface area contributed by atoms with Crippen LogP contribution >= 0.6 is 0 Å². The molecule has 0 aliphatic rings. The van der Waals surface area contributed by atoms with Gasteiger partial charge in [0.15, 0.2) is 0 Å². The summed E-state index contributed by atoms with van der Waals surface area (Å²) in [6.45, 7) is 4.53. The van der Waals surface area contributed by atoms with Crippen LogP contribution in [0.5, 0.6) is 0 Å². The zero-order chi connectivity index (χ0) is 13.8. The fourth-order valence-corrected chi connectivity index (χ4v) is 2.17. The zero-order valence-corrected chi connectivity index (χ0v) is 11.3. The number of rotatable bonds is 4. The Balaban J connectivity index is 2.35. The van der Waals surface area contributed by atoms with Gasteiger partial charge in [0.2, 0.25) is 0 Å². The number of hydrogen-bond acceptors (Lipinski definition) is 2. The Bertz CT molecular complexity index is 579. The van der Waals surface area contributed by atoms with E-state index in [2.05, 4.69) is 18.3 Å². The highest BCUT2D eigenvalue weighted by Crippen LogP contribution is 2.26. The van der Waals surface area contributed by atoms with Gasteiger partial charge in [-0.05, 0) is 50.6 Å². The fourth-order valence-electron chi connectivity index (χ4n) is 2.17. The molecule has 100 valence electrons. The highest BCUT2D eigenvalue weighted by Gasteiger charge is 2.08. The number of nitrogens with two attached hydrogens (primary N) is 1. The van der Waals surface area contributed by atoms with E-state index in [-0.39, 0.29) is 5.82 Å². The van der Waals surface area contributed by atoms with E-state index in [1.807, 2.05) is 25.1 Å². The van der Waals surface area contributed by atoms with Crippen molar-refractivity contribution < 1.29 is 4.39 Å². The number of aryl methyl sites for hydroxylation is 2. The van der Waals surface area contributed by atoms with Gasteiger partial charge in [0.25, 0.3) is 0 Å². The van der Waals surface area contributed by atoms with E-state index in [4.69, 9.17) is 5.73 Å². The lowest BCUT2D eigenvalue weighted by Gasteiger charge is -2.14. The maximum atomic E-state index is 13.8. The smallest absolute Gasteiger partial charge is 0.128 e. The first-order chi connectivity index (χ1) is 9.11. The second kappa shape index (κ2) is 5.85. The Labute approximate surface area is 113 Å². The molecule has 0 saturated carbocycles. The molecule has 0 atom stereocenters. The summed E-state index contributed by atoms with van der Waals surface area (Å²) >= 11 is 0. The van der Waals surface area contributed by atoms with Gasteiger partial charge < -0.3 is 11.1 Å². The van der Waals surface area contributed by atoms with Crippen LogP contribution in [0.1, 0.15) is 16.7 Å². The van der Waals surface area contributed by atoms with Gasteiger partial charge in [0, 0.05) is 16.9 Å². The van der Waals surface area contributed by atoms with Crippen LogP contribution in [0.3, 0.4) is 0 Å². The zero-order valence-electron chi connectivity index (χ0n) is 11.3. The summed E-state index contributed by atoms with van der Waals surface area (Å²) in [7, 11) is 0. The van der Waals surface area contributed by atoms with Crippen LogP contribution in [0.2, 0.25) is 0 Å². The topological polar surface area (TPSA) is 38.0 Å². The van der Waals surface area contributed by atoms with Crippen LogP contribution < -0.4 is 11.1 Å². The van der Waals surface area contributed by atoms with Gasteiger partial charge in [-0.3, -0.25) is 0 Å². The summed E-state index contributed by atoms with van der Waals surface area (Å²) in [6.07, 6.45) is 0.528. The summed E-state index contributed by atoms with van der Waals surface area (Å²) < 4.78 is 13.8. The molecule has 0 aromatic heterocycles. The molecule has 0 aliphatic carbocycles. The van der Waals surface area contributed by atoms with Gasteiger partial charge in [-0.25, -0.2) is 4.39 Å². The SMILES string of the molecule is Cc1ccc(Nc2cccc(F)c2CCN)c(C)c1. The summed E-state index contributed by atoms with van der Waals surface area (Å²) in [6, 6.07) is 11.2. The van der Waals surface area contributed by atoms with Crippen LogP contribution in [0.15, 0.2) is 36.4 Å². The predicted octanol–water partition coefficient (Wildman–Crippen LogP) is 3.69. The van der Waals surface area contributed by atoms with Crippen molar-refractivity contribution in [1.29, 1.82) is 0 Å². The van der Waals surface area contributed by atoms with Gasteiger partial charge in [-0.1, -0.05) is 23.8 Å². The Morgan fingerprint density at radius 3 is 2.58 bits per heavy atom. The van der Waals surface area contributed by atoms with Gasteiger partial charge in [-0.2, -0.15) is 0 Å². The average Bonchev–Trinajstić information content (AvgIpc) is 2.37. The molecule has 0 spiro atoms. The standard InChI is InChI=1S/C16H19FN2/c1-11-6-7-15(12(2)10-11)19-16-5-3-4-14(17)13(16)8-9-18/h3-7,10,19H,8-9,18H2,1-2H3. The van der Waals surface area contributed by atoms with E-state index in [9.17, 15) is 4.39 Å². The third-order valence-electron chi connectivity index (χ3n) is 3.16. The number of nitrogens with one attached hydrogen (secondary N) is 1. The third-order valence-corrected chi connectivity index (χ3v) is 3.16. The van der Waals surface area contributed by atoms with E-state index in [0.29, 0.717) is 18.5 Å². The average molecular weight is 258 g/mol. The van der Waals surface area contributed by atoms with E-state index >= 15 is 0 Å². The van der Waals surface area contributed by atoms with Crippen molar-refractivity contribution in [2.24, 2.45) is 5.73 Å². The molecule has 0 aliphatic heterocycles. The van der Waals surface area contributed by atoms with Crippen molar-refractivity contribution in [3.63, 3.8) is 0 Å². The van der Waals surface area contributed by atoms with Gasteiger partial charge in [0.05, 0.1) is 0 Å². The van der Waals surface area contributed by atoms with Gasteiger partial charge >= 0.3 is 0 Å². The molecule has 0 fully saturated rings. The minimum absolute atomic E-state index is 0.208. The Hall–Kier alpha value is -1.87. The second-order valence-corrected chi connectivity index (χ2v) is 4.75. The molecule has 0 saturated heterocycles. The Morgan fingerprint density at radius 1 is 1.11 bits per heavy atom. The van der Waals surface area contributed by atoms with Gasteiger partial charge in [0.1, 0.15) is 5.82 Å². The first kappa shape index (κ1) is 13.6. The van der Waals surface area contributed by atoms with E-state index in [0.717, 1.165) is 16.9 Å². The lowest BCUT2D eigenvalue weighted by molar-refractivity contribution is 0.610. The monoisotopic (exact) mass is 258 g/mol. The van der Waals surface area contributed by atoms with E-state index in [1.165, 1.54) is 11.6 Å². The molecule has 0 amide bonds. The molecule has 3 N–H and O–H groups in total. The molecule has 2 aromatic rings. The molecule has 3 heteroatoms. The minimum Gasteiger partial charge on any atom is -0.355 e. The Kier molecular flexibility index (Phi) is 4.17. The molecular formula is C16H19FN2. The molecule has 2 aromatic carbocycles. The van der Waals surface area contributed by atoms with Crippen molar-refractivity contribution in [3.8, 4) is 0 Å². The number of halogens is 1. The Morgan fingerprint density at radius 2 is 1.89 bits per heavy atom. The number of hydrogen-bond donors (Lipinski definition) is 2. The van der Waals surface area contributed by atoms with E-state index < -0.39 is 0 Å². The maximum absolute atomic E-state index is 13.8. The third kappa shape index (κ3) is 3.12. The molecule has 0 radical (unpaired) electrons. The molecule has 19 heavy (non-hydrogen) atoms.